The Morgan fingerprint density at radius 2 is 1.87 bits per heavy atom. The minimum absolute atomic E-state index is 0.0690. The lowest BCUT2D eigenvalue weighted by atomic mass is 9.87. The van der Waals surface area contributed by atoms with Crippen molar-refractivity contribution in [2.45, 2.75) is 57.6 Å². The normalized spacial score (nSPS) is 19.3. The highest BCUT2D eigenvalue weighted by atomic mass is 32.1. The molecule has 198 valence electrons. The topological polar surface area (TPSA) is 71.5 Å². The molecule has 1 N–H and O–H groups in total. The molecule has 2 amide bonds. The maximum absolute atomic E-state index is 13.8. The number of halogens is 1. The molecule has 38 heavy (non-hydrogen) atoms. The van der Waals surface area contributed by atoms with E-state index in [2.05, 4.69) is 16.4 Å². The third kappa shape index (κ3) is 5.46. The van der Waals surface area contributed by atoms with Gasteiger partial charge in [-0.3, -0.25) is 9.59 Å². The van der Waals surface area contributed by atoms with E-state index in [9.17, 15) is 14.0 Å². The van der Waals surface area contributed by atoms with Crippen LogP contribution >= 0.6 is 11.3 Å². The number of thiazole rings is 1. The zero-order valence-corrected chi connectivity index (χ0v) is 22.1. The van der Waals surface area contributed by atoms with Gasteiger partial charge in [0.15, 0.2) is 0 Å². The molecule has 0 radical (unpaired) electrons. The quantitative estimate of drug-likeness (QED) is 0.405. The van der Waals surface area contributed by atoms with Gasteiger partial charge in [0.05, 0.1) is 6.04 Å². The molecule has 0 saturated heterocycles. The number of carbonyl (C=O) groups is 2. The number of hydrogen-bond acceptors (Lipinski definition) is 5. The number of benzene rings is 2. The Balaban J connectivity index is 1.21. The van der Waals surface area contributed by atoms with Crippen molar-refractivity contribution >= 4 is 23.2 Å². The first-order valence-electron chi connectivity index (χ1n) is 13.6. The van der Waals surface area contributed by atoms with E-state index in [1.807, 2.05) is 17.0 Å². The van der Waals surface area contributed by atoms with Gasteiger partial charge in [0, 0.05) is 24.4 Å². The van der Waals surface area contributed by atoms with Crippen LogP contribution in [0, 0.1) is 17.7 Å². The van der Waals surface area contributed by atoms with Crippen molar-refractivity contribution in [3.8, 4) is 5.75 Å². The standard InChI is InChI=1S/C30H32FN3O3S/c31-23-10-7-21(8-11-23)28-25-15-24(12-9-20(25)13-14-34(28)30(36)22-3-1-2-4-22)37-17-27-33-26(18-38-27)29(35)32-16-19-5-6-19/h7-12,15,18-19,22,28H,1-6,13-14,16-17H2,(H,32,35)/t28-/m1/s1. The molecule has 3 aromatic rings. The molecule has 0 spiro atoms. The Bertz CT molecular complexity index is 1310. The number of nitrogens with zero attached hydrogens (tertiary/aromatic N) is 2. The lowest BCUT2D eigenvalue weighted by Gasteiger charge is -2.39. The highest BCUT2D eigenvalue weighted by Crippen LogP contribution is 2.40. The SMILES string of the molecule is O=C(NCC1CC1)c1csc(COc2ccc3c(c2)[C@@H](c2ccc(F)cc2)N(C(=O)C2CCCC2)CC3)n1. The van der Waals surface area contributed by atoms with E-state index >= 15 is 0 Å². The molecule has 8 heteroatoms. The number of fused-ring (bicyclic) bond motifs is 1. The summed E-state index contributed by atoms with van der Waals surface area (Å²) in [6.07, 6.45) is 7.22. The second-order valence-corrected chi connectivity index (χ2v) is 11.6. The van der Waals surface area contributed by atoms with Crippen molar-refractivity contribution in [3.05, 3.63) is 81.1 Å². The summed E-state index contributed by atoms with van der Waals surface area (Å²) in [5.74, 6) is 1.14. The predicted molar refractivity (Wildman–Crippen MR) is 144 cm³/mol. The summed E-state index contributed by atoms with van der Waals surface area (Å²) in [7, 11) is 0. The Hall–Kier alpha value is -3.26. The maximum Gasteiger partial charge on any atom is 0.270 e. The van der Waals surface area contributed by atoms with Crippen molar-refractivity contribution in [1.29, 1.82) is 0 Å². The maximum atomic E-state index is 13.8. The summed E-state index contributed by atoms with van der Waals surface area (Å²) in [5.41, 5.74) is 3.52. The van der Waals surface area contributed by atoms with Crippen LogP contribution in [0.25, 0.3) is 0 Å². The second-order valence-electron chi connectivity index (χ2n) is 10.6. The molecular weight excluding hydrogens is 501 g/mol. The number of aromatic nitrogens is 1. The number of rotatable bonds is 8. The summed E-state index contributed by atoms with van der Waals surface area (Å²) >= 11 is 1.41. The zero-order chi connectivity index (χ0) is 26.1. The van der Waals surface area contributed by atoms with Crippen LogP contribution in [0.2, 0.25) is 0 Å². The van der Waals surface area contributed by atoms with Crippen LogP contribution in [-0.4, -0.2) is 34.8 Å². The fraction of sp³-hybridized carbons (Fsp3) is 0.433. The van der Waals surface area contributed by atoms with Gasteiger partial charge >= 0.3 is 0 Å². The minimum atomic E-state index is -0.292. The Kier molecular flexibility index (Phi) is 7.15. The highest BCUT2D eigenvalue weighted by molar-refractivity contribution is 7.09. The van der Waals surface area contributed by atoms with Gasteiger partial charge in [0.2, 0.25) is 5.91 Å². The molecule has 0 unspecified atom stereocenters. The Morgan fingerprint density at radius 1 is 1.08 bits per heavy atom. The van der Waals surface area contributed by atoms with Gasteiger partial charge in [-0.05, 0) is 79.0 Å². The second kappa shape index (κ2) is 10.8. The Labute approximate surface area is 226 Å². The van der Waals surface area contributed by atoms with E-state index in [1.165, 1.54) is 41.9 Å². The largest absolute Gasteiger partial charge is 0.486 e. The summed E-state index contributed by atoms with van der Waals surface area (Å²) in [5, 5.41) is 5.45. The molecule has 2 aliphatic carbocycles. The van der Waals surface area contributed by atoms with Crippen LogP contribution in [0.5, 0.6) is 5.75 Å². The monoisotopic (exact) mass is 533 g/mol. The van der Waals surface area contributed by atoms with Crippen molar-refractivity contribution in [1.82, 2.24) is 15.2 Å². The lowest BCUT2D eigenvalue weighted by Crippen LogP contribution is -2.43. The van der Waals surface area contributed by atoms with E-state index in [0.29, 0.717) is 30.5 Å². The Morgan fingerprint density at radius 3 is 2.63 bits per heavy atom. The van der Waals surface area contributed by atoms with E-state index in [0.717, 1.165) is 48.2 Å². The molecule has 0 bridgehead atoms. The molecule has 1 aliphatic heterocycles. The minimum Gasteiger partial charge on any atom is -0.486 e. The van der Waals surface area contributed by atoms with Gasteiger partial charge in [-0.1, -0.05) is 31.0 Å². The van der Waals surface area contributed by atoms with Crippen molar-refractivity contribution in [3.63, 3.8) is 0 Å². The fourth-order valence-electron chi connectivity index (χ4n) is 5.61. The van der Waals surface area contributed by atoms with Crippen LogP contribution < -0.4 is 10.1 Å². The van der Waals surface area contributed by atoms with Gasteiger partial charge < -0.3 is 15.0 Å². The predicted octanol–water partition coefficient (Wildman–Crippen LogP) is 5.67. The van der Waals surface area contributed by atoms with Crippen molar-refractivity contribution in [2.24, 2.45) is 11.8 Å². The highest BCUT2D eigenvalue weighted by Gasteiger charge is 2.36. The summed E-state index contributed by atoms with van der Waals surface area (Å²) in [4.78, 5) is 32.4. The molecular formula is C30H32FN3O3S. The van der Waals surface area contributed by atoms with E-state index < -0.39 is 0 Å². The van der Waals surface area contributed by atoms with Crippen LogP contribution in [-0.2, 0) is 17.8 Å². The number of hydrogen-bond donors (Lipinski definition) is 1. The number of amides is 2. The third-order valence-electron chi connectivity index (χ3n) is 7.91. The molecule has 6 rings (SSSR count). The number of carbonyl (C=O) groups excluding carboxylic acids is 2. The van der Waals surface area contributed by atoms with E-state index in [-0.39, 0.29) is 36.2 Å². The van der Waals surface area contributed by atoms with Gasteiger partial charge in [0.25, 0.3) is 5.91 Å². The molecule has 2 fully saturated rings. The molecule has 3 aliphatic rings. The van der Waals surface area contributed by atoms with Gasteiger partial charge in [-0.15, -0.1) is 11.3 Å². The first kappa shape index (κ1) is 25.0. The summed E-state index contributed by atoms with van der Waals surface area (Å²) < 4.78 is 19.9. The van der Waals surface area contributed by atoms with E-state index in [4.69, 9.17) is 4.74 Å². The number of ether oxygens (including phenoxy) is 1. The summed E-state index contributed by atoms with van der Waals surface area (Å²) in [6, 6.07) is 12.2. The first-order chi connectivity index (χ1) is 18.5. The molecule has 2 aromatic carbocycles. The number of nitrogens with one attached hydrogen (secondary N) is 1. The summed E-state index contributed by atoms with van der Waals surface area (Å²) in [6.45, 7) is 1.62. The molecule has 2 heterocycles. The van der Waals surface area contributed by atoms with E-state index in [1.54, 1.807) is 17.5 Å². The van der Waals surface area contributed by atoms with Crippen LogP contribution in [0.15, 0.2) is 47.8 Å². The average molecular weight is 534 g/mol. The smallest absolute Gasteiger partial charge is 0.270 e. The lowest BCUT2D eigenvalue weighted by molar-refractivity contribution is -0.137. The molecule has 1 aromatic heterocycles. The first-order valence-corrected chi connectivity index (χ1v) is 14.5. The average Bonchev–Trinajstić information content (AvgIpc) is 3.38. The van der Waals surface area contributed by atoms with Crippen LogP contribution in [0.1, 0.15) is 76.8 Å². The van der Waals surface area contributed by atoms with Gasteiger partial charge in [-0.25, -0.2) is 9.37 Å². The zero-order valence-electron chi connectivity index (χ0n) is 21.3. The van der Waals surface area contributed by atoms with Crippen LogP contribution in [0.4, 0.5) is 4.39 Å². The van der Waals surface area contributed by atoms with Crippen molar-refractivity contribution in [2.75, 3.05) is 13.1 Å². The van der Waals surface area contributed by atoms with Gasteiger partial charge in [0.1, 0.15) is 28.9 Å². The molecule has 1 atom stereocenters. The van der Waals surface area contributed by atoms with Crippen molar-refractivity contribution < 1.29 is 18.7 Å². The third-order valence-corrected chi connectivity index (χ3v) is 8.74. The molecule has 2 saturated carbocycles. The van der Waals surface area contributed by atoms with Gasteiger partial charge in [-0.2, -0.15) is 0 Å². The fourth-order valence-corrected chi connectivity index (χ4v) is 6.29. The molecule has 6 nitrogen and oxygen atoms in total. The van der Waals surface area contributed by atoms with Crippen LogP contribution in [0.3, 0.4) is 0 Å².